The largest absolute Gasteiger partial charge is 0.378 e. The SMILES string of the molecule is CN(C)c1nc(CNC(=O)C2CCC(=O)NC2)nc(N2CCOCC2)n1. The average molecular weight is 363 g/mol. The maximum atomic E-state index is 12.3. The number of nitrogens with zero attached hydrogens (tertiary/aromatic N) is 5. The second kappa shape index (κ2) is 8.26. The summed E-state index contributed by atoms with van der Waals surface area (Å²) in [7, 11) is 3.73. The average Bonchev–Trinajstić information content (AvgIpc) is 2.67. The van der Waals surface area contributed by atoms with Crippen LogP contribution >= 0.6 is 0 Å². The molecule has 2 saturated heterocycles. The van der Waals surface area contributed by atoms with Crippen molar-refractivity contribution in [2.45, 2.75) is 19.4 Å². The van der Waals surface area contributed by atoms with Crippen molar-refractivity contribution in [1.29, 1.82) is 0 Å². The van der Waals surface area contributed by atoms with Gasteiger partial charge in [-0.1, -0.05) is 0 Å². The van der Waals surface area contributed by atoms with Gasteiger partial charge in [0.25, 0.3) is 0 Å². The molecule has 3 rings (SSSR count). The predicted octanol–water partition coefficient (Wildman–Crippen LogP) is -1.08. The minimum Gasteiger partial charge on any atom is -0.378 e. The molecule has 1 atom stereocenters. The van der Waals surface area contributed by atoms with Crippen LogP contribution in [0.4, 0.5) is 11.9 Å². The number of hydrogen-bond acceptors (Lipinski definition) is 8. The summed E-state index contributed by atoms with van der Waals surface area (Å²) >= 11 is 0. The molecular formula is C16H25N7O3. The number of aromatic nitrogens is 3. The molecule has 10 nitrogen and oxygen atoms in total. The molecule has 2 N–H and O–H groups in total. The molecule has 0 radical (unpaired) electrons. The van der Waals surface area contributed by atoms with Gasteiger partial charge in [0.05, 0.1) is 25.7 Å². The van der Waals surface area contributed by atoms with Crippen LogP contribution in [0.25, 0.3) is 0 Å². The highest BCUT2D eigenvalue weighted by Crippen LogP contribution is 2.15. The number of nitrogens with one attached hydrogen (secondary N) is 2. The molecule has 2 aliphatic heterocycles. The fourth-order valence-corrected chi connectivity index (χ4v) is 2.85. The van der Waals surface area contributed by atoms with E-state index in [0.29, 0.717) is 50.3 Å². The van der Waals surface area contributed by atoms with E-state index in [1.165, 1.54) is 0 Å². The maximum absolute atomic E-state index is 12.3. The quantitative estimate of drug-likeness (QED) is 0.679. The van der Waals surface area contributed by atoms with Gasteiger partial charge in [0.1, 0.15) is 0 Å². The number of hydrogen-bond donors (Lipinski definition) is 2. The summed E-state index contributed by atoms with van der Waals surface area (Å²) in [6.45, 7) is 3.34. The molecule has 0 saturated carbocycles. The lowest BCUT2D eigenvalue weighted by Crippen LogP contribution is -2.43. The van der Waals surface area contributed by atoms with Crippen LogP contribution in [-0.2, 0) is 20.9 Å². The van der Waals surface area contributed by atoms with Crippen LogP contribution in [0.15, 0.2) is 0 Å². The smallest absolute Gasteiger partial charge is 0.230 e. The van der Waals surface area contributed by atoms with Crippen molar-refractivity contribution in [3.05, 3.63) is 5.82 Å². The Kier molecular flexibility index (Phi) is 5.82. The van der Waals surface area contributed by atoms with Crippen molar-refractivity contribution in [2.24, 2.45) is 5.92 Å². The third-order valence-corrected chi connectivity index (χ3v) is 4.41. The van der Waals surface area contributed by atoms with Gasteiger partial charge in [-0.15, -0.1) is 0 Å². The predicted molar refractivity (Wildman–Crippen MR) is 94.8 cm³/mol. The summed E-state index contributed by atoms with van der Waals surface area (Å²) < 4.78 is 5.37. The van der Waals surface area contributed by atoms with Crippen LogP contribution in [-0.4, -0.2) is 73.7 Å². The van der Waals surface area contributed by atoms with E-state index in [1.807, 2.05) is 19.0 Å². The zero-order chi connectivity index (χ0) is 18.5. The van der Waals surface area contributed by atoms with Crippen molar-refractivity contribution < 1.29 is 14.3 Å². The molecule has 2 aliphatic rings. The van der Waals surface area contributed by atoms with E-state index >= 15 is 0 Å². The van der Waals surface area contributed by atoms with E-state index in [-0.39, 0.29) is 24.3 Å². The third-order valence-electron chi connectivity index (χ3n) is 4.41. The highest BCUT2D eigenvalue weighted by molar-refractivity contribution is 5.83. The second-order valence-electron chi connectivity index (χ2n) is 6.60. The van der Waals surface area contributed by atoms with E-state index in [1.54, 1.807) is 0 Å². The Hall–Kier alpha value is -2.49. The lowest BCUT2D eigenvalue weighted by atomic mass is 9.98. The van der Waals surface area contributed by atoms with Gasteiger partial charge in [-0.2, -0.15) is 15.0 Å². The number of rotatable bonds is 5. The summed E-state index contributed by atoms with van der Waals surface area (Å²) in [5.41, 5.74) is 0. The molecular weight excluding hydrogens is 338 g/mol. The van der Waals surface area contributed by atoms with E-state index in [2.05, 4.69) is 30.5 Å². The highest BCUT2D eigenvalue weighted by atomic mass is 16.5. The summed E-state index contributed by atoms with van der Waals surface area (Å²) in [6.07, 6.45) is 0.951. The van der Waals surface area contributed by atoms with Crippen molar-refractivity contribution in [1.82, 2.24) is 25.6 Å². The van der Waals surface area contributed by atoms with Crippen LogP contribution in [0.3, 0.4) is 0 Å². The van der Waals surface area contributed by atoms with Gasteiger partial charge in [-0.25, -0.2) is 0 Å². The van der Waals surface area contributed by atoms with Crippen molar-refractivity contribution in [3.8, 4) is 0 Å². The number of anilines is 2. The third kappa shape index (κ3) is 4.57. The standard InChI is InChI=1S/C16H25N7O3/c1-22(2)15-19-12(20-16(21-15)23-5-7-26-8-6-23)10-18-14(25)11-3-4-13(24)17-9-11/h11H,3-10H2,1-2H3,(H,17,24)(H,18,25). The summed E-state index contributed by atoms with van der Waals surface area (Å²) in [5.74, 6) is 1.36. The molecule has 2 amide bonds. The molecule has 2 fully saturated rings. The molecule has 1 aromatic rings. The lowest BCUT2D eigenvalue weighted by molar-refractivity contribution is -0.129. The van der Waals surface area contributed by atoms with Gasteiger partial charge in [-0.3, -0.25) is 9.59 Å². The fraction of sp³-hybridized carbons (Fsp3) is 0.688. The number of amides is 2. The molecule has 10 heteroatoms. The van der Waals surface area contributed by atoms with Gasteiger partial charge in [-0.05, 0) is 6.42 Å². The molecule has 1 aromatic heterocycles. The molecule has 142 valence electrons. The first-order valence-electron chi connectivity index (χ1n) is 8.82. The van der Waals surface area contributed by atoms with Gasteiger partial charge in [0.15, 0.2) is 5.82 Å². The number of ether oxygens (including phenoxy) is 1. The Balaban J connectivity index is 1.67. The number of carbonyl (C=O) groups is 2. The minimum atomic E-state index is -0.207. The van der Waals surface area contributed by atoms with Gasteiger partial charge < -0.3 is 25.2 Å². The Morgan fingerprint density at radius 2 is 2.08 bits per heavy atom. The molecule has 0 aromatic carbocycles. The normalized spacial score (nSPS) is 20.5. The van der Waals surface area contributed by atoms with E-state index in [4.69, 9.17) is 4.74 Å². The molecule has 3 heterocycles. The van der Waals surface area contributed by atoms with Crippen molar-refractivity contribution in [3.63, 3.8) is 0 Å². The van der Waals surface area contributed by atoms with Crippen LogP contribution in [0.1, 0.15) is 18.7 Å². The Morgan fingerprint density at radius 3 is 2.73 bits per heavy atom. The Bertz CT molecular complexity index is 651. The van der Waals surface area contributed by atoms with Crippen molar-refractivity contribution >= 4 is 23.7 Å². The monoisotopic (exact) mass is 363 g/mol. The number of carbonyl (C=O) groups excluding carboxylic acids is 2. The summed E-state index contributed by atoms with van der Waals surface area (Å²) in [6, 6.07) is 0. The van der Waals surface area contributed by atoms with Crippen LogP contribution in [0.5, 0.6) is 0 Å². The lowest BCUT2D eigenvalue weighted by Gasteiger charge is -2.27. The highest BCUT2D eigenvalue weighted by Gasteiger charge is 2.24. The summed E-state index contributed by atoms with van der Waals surface area (Å²) in [5, 5.41) is 5.60. The first-order valence-corrected chi connectivity index (χ1v) is 8.82. The first-order chi connectivity index (χ1) is 12.5. The Labute approximate surface area is 152 Å². The van der Waals surface area contributed by atoms with E-state index in [0.717, 1.165) is 13.1 Å². The first kappa shape index (κ1) is 18.3. The molecule has 26 heavy (non-hydrogen) atoms. The minimum absolute atomic E-state index is 0.00250. The molecule has 1 unspecified atom stereocenters. The number of piperidine rings is 1. The molecule has 0 bridgehead atoms. The van der Waals surface area contributed by atoms with Crippen LogP contribution in [0, 0.1) is 5.92 Å². The van der Waals surface area contributed by atoms with Gasteiger partial charge >= 0.3 is 0 Å². The van der Waals surface area contributed by atoms with Crippen molar-refractivity contribution in [2.75, 3.05) is 56.7 Å². The molecule has 0 spiro atoms. The summed E-state index contributed by atoms with van der Waals surface area (Å²) in [4.78, 5) is 40.8. The van der Waals surface area contributed by atoms with E-state index in [9.17, 15) is 9.59 Å². The fourth-order valence-electron chi connectivity index (χ4n) is 2.85. The molecule has 0 aliphatic carbocycles. The Morgan fingerprint density at radius 1 is 1.31 bits per heavy atom. The van der Waals surface area contributed by atoms with Gasteiger partial charge in [0, 0.05) is 40.2 Å². The second-order valence-corrected chi connectivity index (χ2v) is 6.60. The maximum Gasteiger partial charge on any atom is 0.230 e. The number of morpholine rings is 1. The zero-order valence-corrected chi connectivity index (χ0v) is 15.2. The van der Waals surface area contributed by atoms with Crippen LogP contribution in [0.2, 0.25) is 0 Å². The van der Waals surface area contributed by atoms with Crippen LogP contribution < -0.4 is 20.4 Å². The van der Waals surface area contributed by atoms with Gasteiger partial charge in [0.2, 0.25) is 23.7 Å². The zero-order valence-electron chi connectivity index (χ0n) is 15.2. The van der Waals surface area contributed by atoms with E-state index < -0.39 is 0 Å². The topological polar surface area (TPSA) is 113 Å².